The monoisotopic (exact) mass is 485 g/mol. The van der Waals surface area contributed by atoms with Gasteiger partial charge in [0.25, 0.3) is 5.91 Å². The van der Waals surface area contributed by atoms with Crippen LogP contribution in [0.2, 0.25) is 0 Å². The molecule has 1 amide bonds. The minimum atomic E-state index is -1.47. The molecule has 33 heavy (non-hydrogen) atoms. The zero-order valence-electron chi connectivity index (χ0n) is 18.5. The Labute approximate surface area is 194 Å². The first kappa shape index (κ1) is 26.2. The number of hydrogen-bond acceptors (Lipinski definition) is 10. The Kier molecular flexibility index (Phi) is 8.52. The summed E-state index contributed by atoms with van der Waals surface area (Å²) >= 11 is 1.12. The van der Waals surface area contributed by atoms with E-state index in [0.717, 1.165) is 11.8 Å². The number of esters is 1. The Morgan fingerprint density at radius 3 is 2.21 bits per heavy atom. The van der Waals surface area contributed by atoms with Gasteiger partial charge in [-0.3, -0.25) is 19.7 Å². The maximum absolute atomic E-state index is 13.1. The average molecular weight is 486 g/mol. The largest absolute Gasteiger partial charge is 0.496 e. The van der Waals surface area contributed by atoms with Crippen LogP contribution in [0.15, 0.2) is 18.2 Å². The minimum Gasteiger partial charge on any atom is -0.496 e. The molecule has 1 aliphatic rings. The molecule has 6 N–H and O–H groups in total. The van der Waals surface area contributed by atoms with Gasteiger partial charge in [-0.25, -0.2) is 4.79 Å². The van der Waals surface area contributed by atoms with Gasteiger partial charge in [0.05, 0.1) is 19.6 Å². The highest BCUT2D eigenvalue weighted by Crippen LogP contribution is 2.39. The van der Waals surface area contributed by atoms with E-state index in [1.807, 2.05) is 0 Å². The van der Waals surface area contributed by atoms with Crippen LogP contribution in [0.1, 0.15) is 24.2 Å². The van der Waals surface area contributed by atoms with Crippen LogP contribution in [0.5, 0.6) is 11.5 Å². The van der Waals surface area contributed by atoms with E-state index in [4.69, 9.17) is 25.1 Å². The third kappa shape index (κ3) is 6.06. The van der Waals surface area contributed by atoms with Gasteiger partial charge >= 0.3 is 17.9 Å². The van der Waals surface area contributed by atoms with Crippen LogP contribution in [0, 0.1) is 0 Å². The zero-order valence-corrected chi connectivity index (χ0v) is 19.3. The molecule has 0 bridgehead atoms. The number of carbonyl (C=O) groups excluding carboxylic acids is 2. The molecule has 2 rings (SSSR count). The lowest BCUT2D eigenvalue weighted by Gasteiger charge is -2.25. The number of amides is 1. The van der Waals surface area contributed by atoms with E-state index in [1.165, 1.54) is 26.4 Å². The van der Waals surface area contributed by atoms with Crippen molar-refractivity contribution in [3.05, 3.63) is 23.8 Å². The summed E-state index contributed by atoms with van der Waals surface area (Å²) in [4.78, 5) is 48.6. The second-order valence-corrected chi connectivity index (χ2v) is 9.44. The van der Waals surface area contributed by atoms with Crippen molar-refractivity contribution in [1.29, 1.82) is 0 Å². The quantitative estimate of drug-likeness (QED) is 0.272. The smallest absolute Gasteiger partial charge is 0.331 e. The number of carboxylic acid groups (broad SMARTS) is 2. The van der Waals surface area contributed by atoms with Gasteiger partial charge in [-0.05, 0) is 26.0 Å². The maximum atomic E-state index is 13.1. The third-order valence-electron chi connectivity index (χ3n) is 4.92. The van der Waals surface area contributed by atoms with Gasteiger partial charge in [-0.2, -0.15) is 0 Å². The molecule has 1 aromatic rings. The van der Waals surface area contributed by atoms with Crippen LogP contribution < -0.4 is 25.8 Å². The predicted molar refractivity (Wildman–Crippen MR) is 117 cm³/mol. The van der Waals surface area contributed by atoms with E-state index in [1.54, 1.807) is 19.9 Å². The summed E-state index contributed by atoms with van der Waals surface area (Å²) in [7, 11) is 2.72. The lowest BCUT2D eigenvalue weighted by atomic mass is 10.0. The molecule has 1 aliphatic heterocycles. The van der Waals surface area contributed by atoms with Crippen LogP contribution in [0.25, 0.3) is 0 Å². The van der Waals surface area contributed by atoms with E-state index < -0.39 is 58.7 Å². The first-order valence-electron chi connectivity index (χ1n) is 9.76. The first-order valence-corrected chi connectivity index (χ1v) is 10.6. The summed E-state index contributed by atoms with van der Waals surface area (Å²) < 4.78 is 14.6. The van der Waals surface area contributed by atoms with Crippen LogP contribution in [-0.4, -0.2) is 83.1 Å². The number of nitrogens with one attached hydrogen (secondary N) is 2. The second-order valence-electron chi connectivity index (χ2n) is 7.64. The van der Waals surface area contributed by atoms with E-state index >= 15 is 0 Å². The lowest BCUT2D eigenvalue weighted by Crippen LogP contribution is -2.55. The summed E-state index contributed by atoms with van der Waals surface area (Å²) in [5.74, 6) is -3.87. The highest BCUT2D eigenvalue weighted by molar-refractivity contribution is 8.01. The molecule has 1 heterocycles. The van der Waals surface area contributed by atoms with Gasteiger partial charge in [0.2, 0.25) is 0 Å². The first-order chi connectivity index (χ1) is 15.4. The van der Waals surface area contributed by atoms with Gasteiger partial charge in [-0.15, -0.1) is 11.8 Å². The lowest BCUT2D eigenvalue weighted by molar-refractivity contribution is -0.150. The average Bonchev–Trinajstić information content (AvgIpc) is 3.09. The van der Waals surface area contributed by atoms with Gasteiger partial charge in [0.1, 0.15) is 35.8 Å². The number of benzene rings is 1. The number of rotatable bonds is 10. The van der Waals surface area contributed by atoms with Crippen molar-refractivity contribution < 1.29 is 43.6 Å². The molecule has 13 heteroatoms. The molecule has 4 unspecified atom stereocenters. The number of nitrogens with two attached hydrogens (primary N) is 1. The molecule has 0 radical (unpaired) electrons. The second kappa shape index (κ2) is 10.7. The molecule has 0 aromatic heterocycles. The van der Waals surface area contributed by atoms with Crippen molar-refractivity contribution in [2.24, 2.45) is 5.73 Å². The molecule has 0 aliphatic carbocycles. The maximum Gasteiger partial charge on any atom is 0.331 e. The Hall–Kier alpha value is -3.03. The van der Waals surface area contributed by atoms with Crippen molar-refractivity contribution in [2.45, 2.75) is 42.1 Å². The fourth-order valence-corrected chi connectivity index (χ4v) is 4.69. The summed E-state index contributed by atoms with van der Waals surface area (Å²) in [6.07, 6.45) is 0. The SMILES string of the molecule is COc1cccc(OC)c1C(=O)NC(C(=O)OCC(N)C(=O)O)C1NC(C(=O)O)C(C)(C)S1. The number of ether oxygens (including phenoxy) is 3. The van der Waals surface area contributed by atoms with E-state index in [9.17, 15) is 24.3 Å². The van der Waals surface area contributed by atoms with E-state index in [2.05, 4.69) is 10.6 Å². The summed E-state index contributed by atoms with van der Waals surface area (Å²) in [6, 6.07) is 0.795. The van der Waals surface area contributed by atoms with Crippen molar-refractivity contribution in [2.75, 3.05) is 20.8 Å². The minimum absolute atomic E-state index is 0.0135. The number of carboxylic acids is 2. The Morgan fingerprint density at radius 2 is 1.76 bits per heavy atom. The van der Waals surface area contributed by atoms with Gasteiger partial charge in [0, 0.05) is 4.75 Å². The Balaban J connectivity index is 2.36. The molecule has 182 valence electrons. The van der Waals surface area contributed by atoms with Crippen LogP contribution in [0.3, 0.4) is 0 Å². The number of aliphatic carboxylic acids is 2. The molecule has 1 saturated heterocycles. The van der Waals surface area contributed by atoms with Gasteiger partial charge in [0.15, 0.2) is 6.04 Å². The molecule has 12 nitrogen and oxygen atoms in total. The summed E-state index contributed by atoms with van der Waals surface area (Å²) in [5.41, 5.74) is 5.41. The van der Waals surface area contributed by atoms with Crippen molar-refractivity contribution in [1.82, 2.24) is 10.6 Å². The van der Waals surface area contributed by atoms with Crippen LogP contribution in [-0.2, 0) is 19.1 Å². The van der Waals surface area contributed by atoms with Gasteiger partial charge < -0.3 is 35.5 Å². The summed E-state index contributed by atoms with van der Waals surface area (Å²) in [6.45, 7) is 2.72. The molecule has 4 atom stereocenters. The zero-order chi connectivity index (χ0) is 24.9. The Bertz CT molecular complexity index is 902. The molecule has 0 saturated carbocycles. The molecular weight excluding hydrogens is 458 g/mol. The summed E-state index contributed by atoms with van der Waals surface area (Å²) in [5, 5.41) is 22.9. The molecule has 1 aromatic carbocycles. The van der Waals surface area contributed by atoms with E-state index in [-0.39, 0.29) is 17.1 Å². The number of methoxy groups -OCH3 is 2. The van der Waals surface area contributed by atoms with Crippen LogP contribution >= 0.6 is 11.8 Å². The van der Waals surface area contributed by atoms with E-state index in [0.29, 0.717) is 0 Å². The third-order valence-corrected chi connectivity index (χ3v) is 6.43. The number of thioether (sulfide) groups is 1. The fourth-order valence-electron chi connectivity index (χ4n) is 3.21. The van der Waals surface area contributed by atoms with Crippen molar-refractivity contribution >= 4 is 35.6 Å². The van der Waals surface area contributed by atoms with Gasteiger partial charge in [-0.1, -0.05) is 6.07 Å². The topological polar surface area (TPSA) is 187 Å². The highest BCUT2D eigenvalue weighted by Gasteiger charge is 2.50. The predicted octanol–water partition coefficient (Wildman–Crippen LogP) is -0.348. The highest BCUT2D eigenvalue weighted by atomic mass is 32.2. The normalized spacial score (nSPS) is 20.9. The van der Waals surface area contributed by atoms with Crippen LogP contribution in [0.4, 0.5) is 0 Å². The van der Waals surface area contributed by atoms with Crippen molar-refractivity contribution in [3.63, 3.8) is 0 Å². The standard InChI is InChI=1S/C20H27N3O9S/c1-20(2)14(18(27)28)23-16(33-20)13(19(29)32-8-9(21)17(25)26)22-15(24)12-10(30-3)6-5-7-11(12)31-4/h5-7,9,13-14,16,23H,8,21H2,1-4H3,(H,22,24)(H,25,26)(H,27,28). The molecule has 0 spiro atoms. The fraction of sp³-hybridized carbons (Fsp3) is 0.500. The van der Waals surface area contributed by atoms with Crippen molar-refractivity contribution in [3.8, 4) is 11.5 Å². The molecular formula is C20H27N3O9S. The molecule has 1 fully saturated rings. The number of carbonyl (C=O) groups is 4. The Morgan fingerprint density at radius 1 is 1.18 bits per heavy atom. The number of hydrogen-bond donors (Lipinski definition) is 5.